The molecule has 0 aliphatic carbocycles. The molecule has 0 saturated heterocycles. The lowest BCUT2D eigenvalue weighted by Gasteiger charge is -2.37. The summed E-state index contributed by atoms with van der Waals surface area (Å²) in [5.74, 6) is 1.53. The topological polar surface area (TPSA) is 60.0 Å². The molecule has 2 rings (SSSR count). The number of ether oxygens (including phenoxy) is 3. The zero-order chi connectivity index (χ0) is 15.5. The maximum atomic E-state index is 9.62. The first-order chi connectivity index (χ1) is 9.95. The molecular weight excluding hydrogens is 270 g/mol. The van der Waals surface area contributed by atoms with Gasteiger partial charge in [-0.05, 0) is 27.0 Å². The summed E-state index contributed by atoms with van der Waals surface area (Å²) >= 11 is 0. The molecule has 1 aliphatic heterocycles. The molecular formula is C16H25NO4. The predicted octanol–water partition coefficient (Wildman–Crippen LogP) is 1.89. The van der Waals surface area contributed by atoms with Crippen LogP contribution in [0.25, 0.3) is 0 Å². The number of aliphatic hydroxyl groups is 1. The van der Waals surface area contributed by atoms with Crippen LogP contribution in [0.5, 0.6) is 11.5 Å². The Bertz CT molecular complexity index is 475. The molecule has 118 valence electrons. The Morgan fingerprint density at radius 3 is 2.86 bits per heavy atom. The normalized spacial score (nSPS) is 21.3. The second kappa shape index (κ2) is 6.64. The zero-order valence-corrected chi connectivity index (χ0v) is 13.2. The van der Waals surface area contributed by atoms with Crippen molar-refractivity contribution in [3.05, 3.63) is 23.8 Å². The van der Waals surface area contributed by atoms with Crippen LogP contribution in [-0.4, -0.2) is 44.2 Å². The lowest BCUT2D eigenvalue weighted by molar-refractivity contribution is 0.0320. The third-order valence-electron chi connectivity index (χ3n) is 3.59. The first-order valence-corrected chi connectivity index (χ1v) is 7.25. The molecule has 1 heterocycles. The van der Waals surface area contributed by atoms with Crippen molar-refractivity contribution in [1.29, 1.82) is 0 Å². The Kier molecular flexibility index (Phi) is 5.08. The lowest BCUT2D eigenvalue weighted by atomic mass is 9.90. The van der Waals surface area contributed by atoms with Gasteiger partial charge in [-0.3, -0.25) is 0 Å². The molecule has 0 bridgehead atoms. The van der Waals surface area contributed by atoms with Gasteiger partial charge in [0.25, 0.3) is 0 Å². The molecule has 0 fully saturated rings. The average molecular weight is 295 g/mol. The van der Waals surface area contributed by atoms with Crippen LogP contribution in [0, 0.1) is 0 Å². The van der Waals surface area contributed by atoms with Gasteiger partial charge >= 0.3 is 0 Å². The Balaban J connectivity index is 2.11. The number of benzene rings is 1. The van der Waals surface area contributed by atoms with Gasteiger partial charge in [0.05, 0.1) is 6.61 Å². The molecule has 0 saturated carbocycles. The van der Waals surface area contributed by atoms with Crippen molar-refractivity contribution < 1.29 is 19.3 Å². The highest BCUT2D eigenvalue weighted by Gasteiger charge is 2.33. The predicted molar refractivity (Wildman–Crippen MR) is 80.9 cm³/mol. The summed E-state index contributed by atoms with van der Waals surface area (Å²) in [5.41, 5.74) is 0.927. The number of hydrogen-bond donors (Lipinski definition) is 2. The number of fused-ring (bicyclic) bond motifs is 1. The Hall–Kier alpha value is -1.30. The third-order valence-corrected chi connectivity index (χ3v) is 3.59. The first-order valence-electron chi connectivity index (χ1n) is 7.25. The highest BCUT2D eigenvalue weighted by molar-refractivity contribution is 5.44. The van der Waals surface area contributed by atoms with Crippen LogP contribution in [0.15, 0.2) is 18.2 Å². The van der Waals surface area contributed by atoms with Crippen LogP contribution < -0.4 is 14.8 Å². The molecule has 2 atom stereocenters. The summed E-state index contributed by atoms with van der Waals surface area (Å²) in [6, 6.07) is 6.09. The van der Waals surface area contributed by atoms with Gasteiger partial charge in [0.15, 0.2) is 0 Å². The molecule has 0 radical (unpaired) electrons. The highest BCUT2D eigenvalue weighted by atomic mass is 16.5. The van der Waals surface area contributed by atoms with Crippen LogP contribution in [-0.2, 0) is 4.74 Å². The van der Waals surface area contributed by atoms with Gasteiger partial charge in [0, 0.05) is 31.2 Å². The fraction of sp³-hybridized carbons (Fsp3) is 0.625. The maximum Gasteiger partial charge on any atom is 0.128 e. The molecule has 5 nitrogen and oxygen atoms in total. The Morgan fingerprint density at radius 1 is 1.43 bits per heavy atom. The van der Waals surface area contributed by atoms with Gasteiger partial charge in [-0.1, -0.05) is 6.07 Å². The maximum absolute atomic E-state index is 9.62. The van der Waals surface area contributed by atoms with E-state index in [1.165, 1.54) is 0 Å². The monoisotopic (exact) mass is 295 g/mol. The van der Waals surface area contributed by atoms with Gasteiger partial charge in [-0.25, -0.2) is 0 Å². The number of rotatable bonds is 6. The highest BCUT2D eigenvalue weighted by Crippen LogP contribution is 2.40. The second-order valence-electron chi connectivity index (χ2n) is 6.03. The van der Waals surface area contributed by atoms with E-state index in [1.54, 1.807) is 7.11 Å². The summed E-state index contributed by atoms with van der Waals surface area (Å²) in [6.07, 6.45) is 0.289. The molecule has 0 aromatic heterocycles. The molecule has 5 heteroatoms. The van der Waals surface area contributed by atoms with E-state index < -0.39 is 6.10 Å². The van der Waals surface area contributed by atoms with Crippen LogP contribution in [0.2, 0.25) is 0 Å². The van der Waals surface area contributed by atoms with E-state index >= 15 is 0 Å². The molecule has 0 spiro atoms. The van der Waals surface area contributed by atoms with Gasteiger partial charge in [-0.2, -0.15) is 0 Å². The van der Waals surface area contributed by atoms with Crippen LogP contribution in [0.4, 0.5) is 0 Å². The summed E-state index contributed by atoms with van der Waals surface area (Å²) in [5, 5.41) is 12.9. The number of methoxy groups -OCH3 is 1. The summed E-state index contributed by atoms with van der Waals surface area (Å²) in [4.78, 5) is 0. The Labute approximate surface area is 126 Å². The van der Waals surface area contributed by atoms with Gasteiger partial charge < -0.3 is 24.6 Å². The Morgan fingerprint density at radius 2 is 2.19 bits per heavy atom. The molecule has 21 heavy (non-hydrogen) atoms. The largest absolute Gasteiger partial charge is 0.491 e. The van der Waals surface area contributed by atoms with Crippen LogP contribution >= 0.6 is 0 Å². The van der Waals surface area contributed by atoms with E-state index in [2.05, 4.69) is 19.2 Å². The summed E-state index contributed by atoms with van der Waals surface area (Å²) < 4.78 is 16.5. The summed E-state index contributed by atoms with van der Waals surface area (Å²) in [6.45, 7) is 4.62. The summed E-state index contributed by atoms with van der Waals surface area (Å²) in [7, 11) is 3.51. The van der Waals surface area contributed by atoms with Crippen molar-refractivity contribution in [2.75, 3.05) is 27.4 Å². The minimum atomic E-state index is -0.631. The second-order valence-corrected chi connectivity index (χ2v) is 6.03. The zero-order valence-electron chi connectivity index (χ0n) is 13.2. The smallest absolute Gasteiger partial charge is 0.128 e. The van der Waals surface area contributed by atoms with E-state index in [9.17, 15) is 5.11 Å². The number of nitrogens with one attached hydrogen (secondary N) is 1. The van der Waals surface area contributed by atoms with E-state index in [0.29, 0.717) is 5.75 Å². The first kappa shape index (κ1) is 16.1. The SMILES string of the molecule is CNC1CC(C)(C)Oc2cc(OCC(O)COC)ccc21. The van der Waals surface area contributed by atoms with Crippen molar-refractivity contribution in [1.82, 2.24) is 5.32 Å². The molecule has 1 aromatic carbocycles. The lowest BCUT2D eigenvalue weighted by Crippen LogP contribution is -2.38. The van der Waals surface area contributed by atoms with Crippen molar-refractivity contribution in [3.8, 4) is 11.5 Å². The van der Waals surface area contributed by atoms with Gasteiger partial charge in [0.2, 0.25) is 0 Å². The quantitative estimate of drug-likeness (QED) is 0.839. The van der Waals surface area contributed by atoms with Crippen molar-refractivity contribution in [2.45, 2.75) is 38.0 Å². The van der Waals surface area contributed by atoms with Gasteiger partial charge in [0.1, 0.15) is 29.8 Å². The fourth-order valence-corrected chi connectivity index (χ4v) is 2.61. The standard InChI is InChI=1S/C16H25NO4/c1-16(2)8-14(17-3)13-6-5-12(7-15(13)21-16)20-10-11(18)9-19-4/h5-7,11,14,17-18H,8-10H2,1-4H3. The van der Waals surface area contributed by atoms with E-state index in [-0.39, 0.29) is 24.9 Å². The molecule has 0 amide bonds. The van der Waals surface area contributed by atoms with E-state index in [4.69, 9.17) is 14.2 Å². The molecule has 1 aliphatic rings. The fourth-order valence-electron chi connectivity index (χ4n) is 2.61. The minimum Gasteiger partial charge on any atom is -0.491 e. The van der Waals surface area contributed by atoms with E-state index in [0.717, 1.165) is 17.7 Å². The van der Waals surface area contributed by atoms with Crippen molar-refractivity contribution in [3.63, 3.8) is 0 Å². The van der Waals surface area contributed by atoms with E-state index in [1.807, 2.05) is 25.2 Å². The van der Waals surface area contributed by atoms with Crippen molar-refractivity contribution in [2.24, 2.45) is 0 Å². The van der Waals surface area contributed by atoms with Crippen LogP contribution in [0.1, 0.15) is 31.9 Å². The van der Waals surface area contributed by atoms with Crippen molar-refractivity contribution >= 4 is 0 Å². The van der Waals surface area contributed by atoms with Crippen LogP contribution in [0.3, 0.4) is 0 Å². The molecule has 2 N–H and O–H groups in total. The number of hydrogen-bond acceptors (Lipinski definition) is 5. The minimum absolute atomic E-state index is 0.200. The molecule has 1 aromatic rings. The average Bonchev–Trinajstić information content (AvgIpc) is 2.43. The molecule has 2 unspecified atom stereocenters. The van der Waals surface area contributed by atoms with Gasteiger partial charge in [-0.15, -0.1) is 0 Å². The number of aliphatic hydroxyl groups excluding tert-OH is 1. The third kappa shape index (κ3) is 4.09.